The summed E-state index contributed by atoms with van der Waals surface area (Å²) in [6.07, 6.45) is 4.37. The molecule has 2 atom stereocenters. The van der Waals surface area contributed by atoms with Gasteiger partial charge in [-0.1, -0.05) is 18.3 Å². The fraction of sp³-hybridized carbons (Fsp3) is 0.600. The van der Waals surface area contributed by atoms with E-state index in [1.807, 2.05) is 11.3 Å². The van der Waals surface area contributed by atoms with Gasteiger partial charge >= 0.3 is 0 Å². The molecule has 3 rings (SSSR count). The van der Waals surface area contributed by atoms with E-state index >= 15 is 0 Å². The van der Waals surface area contributed by atoms with E-state index in [1.54, 1.807) is 0 Å². The summed E-state index contributed by atoms with van der Waals surface area (Å²) in [5, 5.41) is 2.15. The third-order valence-electron chi connectivity index (χ3n) is 4.17. The third kappa shape index (κ3) is 2.61. The molecule has 2 heterocycles. The van der Waals surface area contributed by atoms with Gasteiger partial charge in [-0.05, 0) is 30.7 Å². The standard InChI is InChI=1S/C15H20N2S/c16-6-2-3-12-7-15(18-11-12)10-17-8-13-4-1-5-14(13)9-17/h7,11,13-14H,1,4-6,8-10,16H2. The summed E-state index contributed by atoms with van der Waals surface area (Å²) in [5.74, 6) is 8.00. The second-order valence-electron chi connectivity index (χ2n) is 5.45. The molecule has 2 fully saturated rings. The van der Waals surface area contributed by atoms with Crippen LogP contribution in [0.15, 0.2) is 11.4 Å². The first-order valence-corrected chi connectivity index (χ1v) is 7.72. The number of fused-ring (bicyclic) bond motifs is 1. The zero-order valence-corrected chi connectivity index (χ0v) is 11.5. The van der Waals surface area contributed by atoms with Gasteiger partial charge in [-0.3, -0.25) is 4.90 Å². The molecule has 96 valence electrons. The van der Waals surface area contributed by atoms with Crippen molar-refractivity contribution in [2.24, 2.45) is 17.6 Å². The van der Waals surface area contributed by atoms with Crippen LogP contribution in [0.1, 0.15) is 29.7 Å². The van der Waals surface area contributed by atoms with Gasteiger partial charge in [0.05, 0.1) is 6.54 Å². The van der Waals surface area contributed by atoms with E-state index in [0.717, 1.165) is 23.9 Å². The summed E-state index contributed by atoms with van der Waals surface area (Å²) in [5.41, 5.74) is 6.51. The van der Waals surface area contributed by atoms with Crippen molar-refractivity contribution in [3.63, 3.8) is 0 Å². The molecule has 18 heavy (non-hydrogen) atoms. The number of nitrogens with zero attached hydrogens (tertiary/aromatic N) is 1. The molecular formula is C15H20N2S. The lowest BCUT2D eigenvalue weighted by Gasteiger charge is -2.15. The maximum absolute atomic E-state index is 5.39. The second-order valence-corrected chi connectivity index (χ2v) is 6.45. The van der Waals surface area contributed by atoms with Crippen molar-refractivity contribution in [2.75, 3.05) is 19.6 Å². The molecule has 1 aliphatic heterocycles. The van der Waals surface area contributed by atoms with Crippen LogP contribution in [-0.2, 0) is 6.54 Å². The number of rotatable bonds is 2. The number of likely N-dealkylation sites (tertiary alicyclic amines) is 1. The molecule has 2 unspecified atom stereocenters. The summed E-state index contributed by atoms with van der Waals surface area (Å²) < 4.78 is 0. The smallest absolute Gasteiger partial charge is 0.0555 e. The molecule has 3 heteroatoms. The molecule has 1 aromatic heterocycles. The number of nitrogens with two attached hydrogens (primary N) is 1. The molecule has 1 aliphatic carbocycles. The minimum atomic E-state index is 0.445. The van der Waals surface area contributed by atoms with Crippen LogP contribution < -0.4 is 5.73 Å². The number of thiophene rings is 1. The van der Waals surface area contributed by atoms with Crippen molar-refractivity contribution >= 4 is 11.3 Å². The average molecular weight is 260 g/mol. The van der Waals surface area contributed by atoms with Crippen molar-refractivity contribution < 1.29 is 0 Å². The van der Waals surface area contributed by atoms with E-state index in [2.05, 4.69) is 28.2 Å². The monoisotopic (exact) mass is 260 g/mol. The topological polar surface area (TPSA) is 29.3 Å². The third-order valence-corrected chi connectivity index (χ3v) is 5.09. The molecular weight excluding hydrogens is 240 g/mol. The summed E-state index contributed by atoms with van der Waals surface area (Å²) in [7, 11) is 0. The Kier molecular flexibility index (Phi) is 3.69. The maximum atomic E-state index is 5.39. The summed E-state index contributed by atoms with van der Waals surface area (Å²) in [4.78, 5) is 4.07. The second kappa shape index (κ2) is 5.44. The minimum absolute atomic E-state index is 0.445. The van der Waals surface area contributed by atoms with E-state index < -0.39 is 0 Å². The molecule has 0 aromatic carbocycles. The van der Waals surface area contributed by atoms with Crippen LogP contribution in [0.2, 0.25) is 0 Å². The van der Waals surface area contributed by atoms with Gasteiger partial charge in [0.2, 0.25) is 0 Å². The molecule has 2 N–H and O–H groups in total. The average Bonchev–Trinajstić information content (AvgIpc) is 3.02. The van der Waals surface area contributed by atoms with Crippen LogP contribution in [0.3, 0.4) is 0 Å². The van der Waals surface area contributed by atoms with E-state index in [-0.39, 0.29) is 0 Å². The minimum Gasteiger partial charge on any atom is -0.320 e. The first-order valence-electron chi connectivity index (χ1n) is 6.84. The lowest BCUT2D eigenvalue weighted by molar-refractivity contribution is 0.306. The Morgan fingerprint density at radius 2 is 2.11 bits per heavy atom. The zero-order valence-electron chi connectivity index (χ0n) is 10.7. The first-order chi connectivity index (χ1) is 8.85. The highest BCUT2D eigenvalue weighted by molar-refractivity contribution is 7.10. The first kappa shape index (κ1) is 12.2. The van der Waals surface area contributed by atoms with Crippen molar-refractivity contribution in [2.45, 2.75) is 25.8 Å². The van der Waals surface area contributed by atoms with E-state index in [0.29, 0.717) is 6.54 Å². The Morgan fingerprint density at radius 3 is 2.83 bits per heavy atom. The van der Waals surface area contributed by atoms with Gasteiger partial charge in [-0.15, -0.1) is 11.3 Å². The van der Waals surface area contributed by atoms with E-state index in [4.69, 9.17) is 5.73 Å². The number of hydrogen-bond donors (Lipinski definition) is 1. The van der Waals surface area contributed by atoms with Gasteiger partial charge in [-0.2, -0.15) is 0 Å². The molecule has 0 radical (unpaired) electrons. The van der Waals surface area contributed by atoms with Crippen molar-refractivity contribution in [3.8, 4) is 11.8 Å². The Labute approximate surface area is 113 Å². The highest BCUT2D eigenvalue weighted by atomic mass is 32.1. The predicted molar refractivity (Wildman–Crippen MR) is 76.4 cm³/mol. The molecule has 2 aliphatic rings. The molecule has 0 amide bonds. The molecule has 1 aromatic rings. The SMILES string of the molecule is NCC#Cc1csc(CN2CC3CCCC3C2)c1. The quantitative estimate of drug-likeness (QED) is 0.827. The highest BCUT2D eigenvalue weighted by Gasteiger charge is 2.35. The normalized spacial score (nSPS) is 26.9. The van der Waals surface area contributed by atoms with Crippen molar-refractivity contribution in [3.05, 3.63) is 21.9 Å². The lowest BCUT2D eigenvalue weighted by Crippen LogP contribution is -2.20. The van der Waals surface area contributed by atoms with Crippen LogP contribution in [0, 0.1) is 23.7 Å². The van der Waals surface area contributed by atoms with Crippen molar-refractivity contribution in [1.82, 2.24) is 4.90 Å². The maximum Gasteiger partial charge on any atom is 0.0555 e. The Bertz CT molecular complexity index is 456. The van der Waals surface area contributed by atoms with Crippen LogP contribution in [0.5, 0.6) is 0 Å². The Morgan fingerprint density at radius 1 is 1.33 bits per heavy atom. The number of hydrogen-bond acceptors (Lipinski definition) is 3. The fourth-order valence-electron chi connectivity index (χ4n) is 3.36. The van der Waals surface area contributed by atoms with Crippen LogP contribution in [0.4, 0.5) is 0 Å². The Balaban J connectivity index is 1.58. The van der Waals surface area contributed by atoms with Crippen LogP contribution in [-0.4, -0.2) is 24.5 Å². The van der Waals surface area contributed by atoms with Crippen LogP contribution in [0.25, 0.3) is 0 Å². The lowest BCUT2D eigenvalue weighted by atomic mass is 10.0. The molecule has 2 nitrogen and oxygen atoms in total. The Hall–Kier alpha value is -0.820. The van der Waals surface area contributed by atoms with Gasteiger partial charge in [0, 0.05) is 35.5 Å². The summed E-state index contributed by atoms with van der Waals surface area (Å²) in [6, 6.07) is 2.22. The van der Waals surface area contributed by atoms with Crippen LogP contribution >= 0.6 is 11.3 Å². The van der Waals surface area contributed by atoms with Gasteiger partial charge in [0.15, 0.2) is 0 Å². The van der Waals surface area contributed by atoms with Crippen molar-refractivity contribution in [1.29, 1.82) is 0 Å². The molecule has 1 saturated carbocycles. The summed E-state index contributed by atoms with van der Waals surface area (Å²) >= 11 is 1.83. The van der Waals surface area contributed by atoms with Gasteiger partial charge in [0.25, 0.3) is 0 Å². The van der Waals surface area contributed by atoms with Gasteiger partial charge < -0.3 is 5.73 Å². The fourth-order valence-corrected chi connectivity index (χ4v) is 4.22. The summed E-state index contributed by atoms with van der Waals surface area (Å²) in [6.45, 7) is 4.18. The largest absolute Gasteiger partial charge is 0.320 e. The highest BCUT2D eigenvalue weighted by Crippen LogP contribution is 2.38. The van der Waals surface area contributed by atoms with Gasteiger partial charge in [0.1, 0.15) is 0 Å². The van der Waals surface area contributed by atoms with Gasteiger partial charge in [-0.25, -0.2) is 0 Å². The molecule has 0 spiro atoms. The predicted octanol–water partition coefficient (Wildman–Crippen LogP) is 2.29. The van der Waals surface area contributed by atoms with E-state index in [9.17, 15) is 0 Å². The molecule has 1 saturated heterocycles. The van der Waals surface area contributed by atoms with E-state index in [1.165, 1.54) is 37.2 Å². The molecule has 0 bridgehead atoms. The zero-order chi connectivity index (χ0) is 12.4.